The lowest BCUT2D eigenvalue weighted by atomic mass is 9.90. The highest BCUT2D eigenvalue weighted by molar-refractivity contribution is 6.14. The molecule has 1 amide bonds. The highest BCUT2D eigenvalue weighted by Gasteiger charge is 2.64. The lowest BCUT2D eigenvalue weighted by molar-refractivity contribution is -0.125. The van der Waals surface area contributed by atoms with E-state index in [0.717, 1.165) is 5.56 Å². The van der Waals surface area contributed by atoms with Gasteiger partial charge < -0.3 is 20.3 Å². The van der Waals surface area contributed by atoms with E-state index in [1.165, 1.54) is 0 Å². The topological polar surface area (TPSA) is 91.2 Å². The van der Waals surface area contributed by atoms with Crippen molar-refractivity contribution in [3.8, 4) is 5.75 Å². The first kappa shape index (κ1) is 11.9. The van der Waals surface area contributed by atoms with Crippen LogP contribution in [0.3, 0.4) is 0 Å². The van der Waals surface area contributed by atoms with Crippen molar-refractivity contribution in [1.82, 2.24) is 5.32 Å². The average molecular weight is 274 g/mol. The third-order valence-electron chi connectivity index (χ3n) is 4.39. The molecule has 3 aliphatic rings. The van der Waals surface area contributed by atoms with Crippen molar-refractivity contribution in [3.63, 3.8) is 0 Å². The Morgan fingerprint density at radius 1 is 1.45 bits per heavy atom. The summed E-state index contributed by atoms with van der Waals surface area (Å²) >= 11 is 0. The summed E-state index contributed by atoms with van der Waals surface area (Å²) < 4.78 is 6.00. The number of aliphatic imine (C=N–C) groups is 1. The Bertz CT molecular complexity index is 642. The van der Waals surface area contributed by atoms with Crippen LogP contribution in [0.2, 0.25) is 0 Å². The van der Waals surface area contributed by atoms with Gasteiger partial charge in [-0.2, -0.15) is 0 Å². The summed E-state index contributed by atoms with van der Waals surface area (Å²) in [6.45, 7) is -0.0825. The molecule has 3 N–H and O–H groups in total. The van der Waals surface area contributed by atoms with Crippen molar-refractivity contribution in [1.29, 1.82) is 0 Å². The molecule has 1 saturated heterocycles. The number of nitrogens with zero attached hydrogens (tertiary/aromatic N) is 1. The van der Waals surface area contributed by atoms with Gasteiger partial charge in [0.25, 0.3) is 0 Å². The minimum Gasteiger partial charge on any atom is -0.473 e. The molecule has 6 heteroatoms. The van der Waals surface area contributed by atoms with Gasteiger partial charge in [0.2, 0.25) is 11.5 Å². The number of ether oxygens (including phenoxy) is 1. The number of carbonyl (C=O) groups excluding carboxylic acids is 1. The van der Waals surface area contributed by atoms with Crippen LogP contribution in [-0.2, 0) is 11.4 Å². The largest absolute Gasteiger partial charge is 0.473 e. The Balaban J connectivity index is 1.87. The molecule has 2 aliphatic heterocycles. The van der Waals surface area contributed by atoms with Crippen LogP contribution in [0.1, 0.15) is 18.4 Å². The Hall–Kier alpha value is -1.92. The van der Waals surface area contributed by atoms with Crippen molar-refractivity contribution < 1.29 is 19.7 Å². The molecule has 2 heterocycles. The van der Waals surface area contributed by atoms with E-state index >= 15 is 0 Å². The predicted molar refractivity (Wildman–Crippen MR) is 69.7 cm³/mol. The quantitative estimate of drug-likeness (QED) is 0.684. The van der Waals surface area contributed by atoms with Crippen LogP contribution in [0.4, 0.5) is 5.69 Å². The van der Waals surface area contributed by atoms with Gasteiger partial charge in [-0.05, 0) is 30.5 Å². The lowest BCUT2D eigenvalue weighted by Gasteiger charge is -2.35. The fourth-order valence-corrected chi connectivity index (χ4v) is 3.38. The smallest absolute Gasteiger partial charge is 0.233 e. The maximum Gasteiger partial charge on any atom is 0.233 e. The molecule has 0 bridgehead atoms. The molecule has 2 fully saturated rings. The number of nitrogens with one attached hydrogen (secondary N) is 1. The van der Waals surface area contributed by atoms with E-state index < -0.39 is 11.7 Å². The summed E-state index contributed by atoms with van der Waals surface area (Å²) in [5.74, 6) is 0.394. The minimum atomic E-state index is -1.05. The van der Waals surface area contributed by atoms with Crippen LogP contribution >= 0.6 is 0 Å². The van der Waals surface area contributed by atoms with Crippen molar-refractivity contribution in [2.75, 3.05) is 0 Å². The zero-order chi connectivity index (χ0) is 13.9. The molecule has 0 aromatic heterocycles. The zero-order valence-corrected chi connectivity index (χ0v) is 10.7. The van der Waals surface area contributed by atoms with Gasteiger partial charge in [0, 0.05) is 0 Å². The van der Waals surface area contributed by atoms with E-state index in [4.69, 9.17) is 9.84 Å². The number of aliphatic hydroxyl groups excluding tert-OH is 2. The molecule has 104 valence electrons. The van der Waals surface area contributed by atoms with Crippen LogP contribution in [-0.4, -0.2) is 33.7 Å². The van der Waals surface area contributed by atoms with Crippen molar-refractivity contribution >= 4 is 17.4 Å². The van der Waals surface area contributed by atoms with E-state index in [9.17, 15) is 9.90 Å². The maximum absolute atomic E-state index is 12.0. The average Bonchev–Trinajstić information content (AvgIpc) is 2.91. The van der Waals surface area contributed by atoms with Gasteiger partial charge in [-0.25, -0.2) is 4.99 Å². The van der Waals surface area contributed by atoms with Gasteiger partial charge in [-0.3, -0.25) is 4.79 Å². The molecule has 1 aliphatic carbocycles. The molecule has 1 saturated carbocycles. The normalized spacial score (nSPS) is 33.7. The molecule has 1 aromatic rings. The third-order valence-corrected chi connectivity index (χ3v) is 4.39. The highest BCUT2D eigenvalue weighted by atomic mass is 16.5. The minimum absolute atomic E-state index is 0.0825. The Morgan fingerprint density at radius 2 is 2.30 bits per heavy atom. The number of fused-ring (bicyclic) bond motifs is 1. The van der Waals surface area contributed by atoms with Crippen LogP contribution in [0.15, 0.2) is 23.2 Å². The van der Waals surface area contributed by atoms with Crippen molar-refractivity contribution in [2.45, 2.75) is 31.2 Å². The molecular weight excluding hydrogens is 260 g/mol. The van der Waals surface area contributed by atoms with Gasteiger partial charge >= 0.3 is 0 Å². The van der Waals surface area contributed by atoms with Crippen LogP contribution in [0.5, 0.6) is 5.75 Å². The van der Waals surface area contributed by atoms with Gasteiger partial charge in [0.1, 0.15) is 17.5 Å². The summed E-state index contributed by atoms with van der Waals surface area (Å²) in [6, 6.07) is 5.19. The van der Waals surface area contributed by atoms with Crippen LogP contribution in [0.25, 0.3) is 0 Å². The predicted octanol–water partition coefficient (Wildman–Crippen LogP) is 0.241. The number of hydrogen-bond acceptors (Lipinski definition) is 5. The summed E-state index contributed by atoms with van der Waals surface area (Å²) in [5.41, 5.74) is 0.239. The maximum atomic E-state index is 12.0. The van der Waals surface area contributed by atoms with E-state index in [-0.39, 0.29) is 18.4 Å². The first-order valence-electron chi connectivity index (χ1n) is 6.66. The van der Waals surface area contributed by atoms with Gasteiger partial charge in [-0.1, -0.05) is 6.07 Å². The van der Waals surface area contributed by atoms with E-state index in [2.05, 4.69) is 10.3 Å². The molecule has 4 rings (SSSR count). The highest BCUT2D eigenvalue weighted by Crippen LogP contribution is 2.49. The Kier molecular flexibility index (Phi) is 2.26. The SMILES string of the molecule is O=C1NC2=Nc3cc(CO)ccc3O[C@]23[C@H](O)CC[C@@H]13. The fraction of sp³-hybridized carbons (Fsp3) is 0.429. The molecular formula is C14H14N2O4. The molecule has 1 aromatic carbocycles. The van der Waals surface area contributed by atoms with Crippen molar-refractivity contribution in [2.24, 2.45) is 10.9 Å². The number of aliphatic hydroxyl groups is 2. The van der Waals surface area contributed by atoms with Gasteiger partial charge in [0.15, 0.2) is 5.84 Å². The molecule has 6 nitrogen and oxygen atoms in total. The van der Waals surface area contributed by atoms with Crippen LogP contribution < -0.4 is 10.1 Å². The summed E-state index contributed by atoms with van der Waals surface area (Å²) in [7, 11) is 0. The Labute approximate surface area is 115 Å². The number of rotatable bonds is 1. The molecule has 3 atom stereocenters. The number of amidine groups is 1. The second-order valence-electron chi connectivity index (χ2n) is 5.45. The second-order valence-corrected chi connectivity index (χ2v) is 5.45. The van der Waals surface area contributed by atoms with Gasteiger partial charge in [-0.15, -0.1) is 0 Å². The first-order chi connectivity index (χ1) is 9.65. The number of hydrogen-bond donors (Lipinski definition) is 3. The molecule has 0 unspecified atom stereocenters. The number of amides is 1. The van der Waals surface area contributed by atoms with Crippen LogP contribution in [0, 0.1) is 5.92 Å². The van der Waals surface area contributed by atoms with Crippen molar-refractivity contribution in [3.05, 3.63) is 23.8 Å². The van der Waals surface area contributed by atoms with E-state index in [0.29, 0.717) is 30.1 Å². The second kappa shape index (κ2) is 3.80. The number of benzene rings is 1. The Morgan fingerprint density at radius 3 is 3.10 bits per heavy atom. The van der Waals surface area contributed by atoms with E-state index in [1.54, 1.807) is 18.2 Å². The summed E-state index contributed by atoms with van der Waals surface area (Å²) in [4.78, 5) is 16.5. The monoisotopic (exact) mass is 274 g/mol. The standard InChI is InChI=1S/C14H14N2O4/c17-6-7-1-3-10-9(5-7)15-13-14(20-10)8(12(19)16-13)2-4-11(14)18/h1,3,5,8,11,17-18H,2,4,6H2,(H,15,16,19)/t8-,11+,14+/m0/s1. The number of carbonyl (C=O) groups is 1. The summed E-state index contributed by atoms with van der Waals surface area (Å²) in [5, 5.41) is 22.2. The van der Waals surface area contributed by atoms with Gasteiger partial charge in [0.05, 0.1) is 12.5 Å². The fourth-order valence-electron chi connectivity index (χ4n) is 3.38. The zero-order valence-electron chi connectivity index (χ0n) is 10.7. The lowest BCUT2D eigenvalue weighted by Crippen LogP contribution is -2.54. The third kappa shape index (κ3) is 1.30. The first-order valence-corrected chi connectivity index (χ1v) is 6.66. The molecule has 1 spiro atoms. The summed E-state index contributed by atoms with van der Waals surface area (Å²) in [6.07, 6.45) is 0.382. The van der Waals surface area contributed by atoms with E-state index in [1.807, 2.05) is 0 Å². The molecule has 20 heavy (non-hydrogen) atoms. The molecule has 0 radical (unpaired) electrons.